The van der Waals surface area contributed by atoms with E-state index in [1.807, 2.05) is 33.0 Å². The van der Waals surface area contributed by atoms with Crippen LogP contribution in [-0.2, 0) is 4.79 Å². The predicted molar refractivity (Wildman–Crippen MR) is 85.0 cm³/mol. The molecule has 20 heavy (non-hydrogen) atoms. The Morgan fingerprint density at radius 3 is 2.50 bits per heavy atom. The molecule has 0 aliphatic heterocycles. The van der Waals surface area contributed by atoms with Gasteiger partial charge >= 0.3 is 0 Å². The normalized spacial score (nSPS) is 10.7. The number of anilines is 1. The minimum Gasteiger partial charge on any atom is -0.362 e. The average Bonchev–Trinajstić information content (AvgIpc) is 2.43. The van der Waals surface area contributed by atoms with Crippen molar-refractivity contribution in [1.29, 1.82) is 0 Å². The van der Waals surface area contributed by atoms with Crippen LogP contribution in [0.4, 0.5) is 5.69 Å². The predicted octanol–water partition coefficient (Wildman–Crippen LogP) is 2.02. The van der Waals surface area contributed by atoms with Gasteiger partial charge in [0.15, 0.2) is 0 Å². The molecule has 0 saturated carbocycles. The van der Waals surface area contributed by atoms with E-state index in [0.717, 1.165) is 18.7 Å². The Morgan fingerprint density at radius 2 is 1.95 bits per heavy atom. The van der Waals surface area contributed by atoms with Crippen LogP contribution >= 0.6 is 0 Å². The van der Waals surface area contributed by atoms with E-state index in [2.05, 4.69) is 24.0 Å². The highest BCUT2D eigenvalue weighted by atomic mass is 16.2. The molecule has 4 heteroatoms. The molecule has 1 aromatic carbocycles. The largest absolute Gasteiger partial charge is 0.362 e. The summed E-state index contributed by atoms with van der Waals surface area (Å²) in [7, 11) is 1.85. The summed E-state index contributed by atoms with van der Waals surface area (Å²) in [6, 6.07) is 8.38. The van der Waals surface area contributed by atoms with Gasteiger partial charge in [-0.1, -0.05) is 18.2 Å². The zero-order valence-electron chi connectivity index (χ0n) is 13.1. The topological polar surface area (TPSA) is 49.6 Å². The van der Waals surface area contributed by atoms with E-state index in [0.29, 0.717) is 13.1 Å². The second-order valence-corrected chi connectivity index (χ2v) is 5.45. The zero-order valence-corrected chi connectivity index (χ0v) is 13.1. The second kappa shape index (κ2) is 7.90. The van der Waals surface area contributed by atoms with Gasteiger partial charge in [0.05, 0.1) is 6.54 Å². The van der Waals surface area contributed by atoms with Crippen molar-refractivity contribution in [3.63, 3.8) is 0 Å². The van der Waals surface area contributed by atoms with Gasteiger partial charge in [0.2, 0.25) is 5.91 Å². The van der Waals surface area contributed by atoms with Crippen molar-refractivity contribution in [1.82, 2.24) is 4.90 Å². The van der Waals surface area contributed by atoms with Gasteiger partial charge < -0.3 is 15.5 Å². The first-order valence-electron chi connectivity index (χ1n) is 7.23. The Balaban J connectivity index is 2.85. The van der Waals surface area contributed by atoms with E-state index in [1.165, 1.54) is 5.56 Å². The smallest absolute Gasteiger partial charge is 0.242 e. The summed E-state index contributed by atoms with van der Waals surface area (Å²) in [5.74, 6) is 0.139. The molecule has 0 unspecified atom stereocenters. The average molecular weight is 277 g/mol. The molecule has 0 atom stereocenters. The van der Waals surface area contributed by atoms with Crippen LogP contribution < -0.4 is 10.6 Å². The number of nitrogens with zero attached hydrogens (tertiary/aromatic N) is 2. The molecule has 0 bridgehead atoms. The summed E-state index contributed by atoms with van der Waals surface area (Å²) in [5, 5.41) is 0. The third kappa shape index (κ3) is 4.53. The molecule has 0 heterocycles. The third-order valence-electron chi connectivity index (χ3n) is 3.58. The number of benzene rings is 1. The molecule has 0 spiro atoms. The van der Waals surface area contributed by atoms with Crippen molar-refractivity contribution >= 4 is 11.6 Å². The summed E-state index contributed by atoms with van der Waals surface area (Å²) in [6.07, 6.45) is 0.882. The van der Waals surface area contributed by atoms with Crippen LogP contribution in [0.2, 0.25) is 0 Å². The molecule has 1 amide bonds. The van der Waals surface area contributed by atoms with Crippen LogP contribution in [-0.4, -0.2) is 43.5 Å². The van der Waals surface area contributed by atoms with E-state index in [4.69, 9.17) is 5.73 Å². The van der Waals surface area contributed by atoms with E-state index < -0.39 is 0 Å². The van der Waals surface area contributed by atoms with Gasteiger partial charge in [-0.05, 0) is 45.4 Å². The summed E-state index contributed by atoms with van der Waals surface area (Å²) >= 11 is 0. The standard InChI is InChI=1S/C16H27N3O/c1-13(2)18(4)16(20)12-19(11-7-10-17)15-9-6-5-8-14(15)3/h5-6,8-9,13H,7,10-12,17H2,1-4H3. The van der Waals surface area contributed by atoms with Gasteiger partial charge in [0.1, 0.15) is 0 Å². The maximum atomic E-state index is 12.3. The van der Waals surface area contributed by atoms with Crippen LogP contribution in [0.3, 0.4) is 0 Å². The molecule has 1 rings (SSSR count). The van der Waals surface area contributed by atoms with Crippen LogP contribution in [0.5, 0.6) is 0 Å². The summed E-state index contributed by atoms with van der Waals surface area (Å²) in [5.41, 5.74) is 7.91. The Labute approximate surface area is 122 Å². The van der Waals surface area contributed by atoms with Crippen molar-refractivity contribution in [2.45, 2.75) is 33.2 Å². The lowest BCUT2D eigenvalue weighted by molar-refractivity contribution is -0.129. The summed E-state index contributed by atoms with van der Waals surface area (Å²) < 4.78 is 0. The van der Waals surface area contributed by atoms with Crippen LogP contribution in [0, 0.1) is 6.92 Å². The number of carbonyl (C=O) groups is 1. The highest BCUT2D eigenvalue weighted by Crippen LogP contribution is 2.19. The fourth-order valence-corrected chi connectivity index (χ4v) is 2.05. The molecule has 1 aromatic rings. The molecule has 0 aromatic heterocycles. The fourth-order valence-electron chi connectivity index (χ4n) is 2.05. The molecule has 0 aliphatic rings. The highest BCUT2D eigenvalue weighted by molar-refractivity contribution is 5.81. The fraction of sp³-hybridized carbons (Fsp3) is 0.562. The zero-order chi connectivity index (χ0) is 15.1. The minimum atomic E-state index is 0.139. The number of hydrogen-bond acceptors (Lipinski definition) is 3. The number of carbonyl (C=O) groups excluding carboxylic acids is 1. The first kappa shape index (κ1) is 16.5. The maximum Gasteiger partial charge on any atom is 0.242 e. The Bertz CT molecular complexity index is 431. The SMILES string of the molecule is Cc1ccccc1N(CCCN)CC(=O)N(C)C(C)C. The lowest BCUT2D eigenvalue weighted by Crippen LogP contribution is -2.42. The van der Waals surface area contributed by atoms with Gasteiger partial charge in [-0.2, -0.15) is 0 Å². The summed E-state index contributed by atoms with van der Waals surface area (Å²) in [6.45, 7) is 7.96. The number of likely N-dealkylation sites (N-methyl/N-ethyl adjacent to an activating group) is 1. The van der Waals surface area contributed by atoms with Gasteiger partial charge in [-0.15, -0.1) is 0 Å². The first-order valence-corrected chi connectivity index (χ1v) is 7.23. The van der Waals surface area contributed by atoms with Crippen molar-refractivity contribution in [2.75, 3.05) is 31.6 Å². The molecular weight excluding hydrogens is 250 g/mol. The molecule has 4 nitrogen and oxygen atoms in total. The quantitative estimate of drug-likeness (QED) is 0.829. The van der Waals surface area contributed by atoms with E-state index >= 15 is 0 Å². The number of nitrogens with two attached hydrogens (primary N) is 1. The van der Waals surface area contributed by atoms with E-state index in [9.17, 15) is 4.79 Å². The van der Waals surface area contributed by atoms with Gasteiger partial charge in [0.25, 0.3) is 0 Å². The number of hydrogen-bond donors (Lipinski definition) is 1. The minimum absolute atomic E-state index is 0.139. The lowest BCUT2D eigenvalue weighted by Gasteiger charge is -2.29. The van der Waals surface area contributed by atoms with Gasteiger partial charge in [-0.25, -0.2) is 0 Å². The van der Waals surface area contributed by atoms with Crippen LogP contribution in [0.1, 0.15) is 25.8 Å². The Hall–Kier alpha value is -1.55. The number of para-hydroxylation sites is 1. The summed E-state index contributed by atoms with van der Waals surface area (Å²) in [4.78, 5) is 16.2. The number of amides is 1. The van der Waals surface area contributed by atoms with Crippen molar-refractivity contribution in [3.05, 3.63) is 29.8 Å². The molecule has 2 N–H and O–H groups in total. The number of rotatable bonds is 7. The third-order valence-corrected chi connectivity index (χ3v) is 3.58. The van der Waals surface area contributed by atoms with E-state index in [-0.39, 0.29) is 11.9 Å². The molecule has 112 valence electrons. The van der Waals surface area contributed by atoms with Gasteiger partial charge in [0, 0.05) is 25.3 Å². The van der Waals surface area contributed by atoms with Crippen molar-refractivity contribution in [3.8, 4) is 0 Å². The maximum absolute atomic E-state index is 12.3. The van der Waals surface area contributed by atoms with Gasteiger partial charge in [-0.3, -0.25) is 4.79 Å². The lowest BCUT2D eigenvalue weighted by atomic mass is 10.1. The van der Waals surface area contributed by atoms with Crippen LogP contribution in [0.15, 0.2) is 24.3 Å². The highest BCUT2D eigenvalue weighted by Gasteiger charge is 2.17. The molecule has 0 fully saturated rings. The van der Waals surface area contributed by atoms with Crippen molar-refractivity contribution < 1.29 is 4.79 Å². The Kier molecular flexibility index (Phi) is 6.52. The first-order chi connectivity index (χ1) is 9.47. The van der Waals surface area contributed by atoms with E-state index in [1.54, 1.807) is 4.90 Å². The molecular formula is C16H27N3O. The molecule has 0 radical (unpaired) electrons. The van der Waals surface area contributed by atoms with Crippen molar-refractivity contribution in [2.24, 2.45) is 5.73 Å². The second-order valence-electron chi connectivity index (χ2n) is 5.45. The van der Waals surface area contributed by atoms with Crippen LogP contribution in [0.25, 0.3) is 0 Å². The Morgan fingerprint density at radius 1 is 1.30 bits per heavy atom. The number of aryl methyl sites for hydroxylation is 1. The molecule has 0 saturated heterocycles. The molecule has 0 aliphatic carbocycles. The monoisotopic (exact) mass is 277 g/mol.